The van der Waals surface area contributed by atoms with E-state index in [1.165, 1.54) is 23.5 Å². The fourth-order valence-corrected chi connectivity index (χ4v) is 4.30. The van der Waals surface area contributed by atoms with Crippen LogP contribution in [-0.2, 0) is 9.84 Å². The maximum atomic E-state index is 12.5. The van der Waals surface area contributed by atoms with E-state index < -0.39 is 9.84 Å². The van der Waals surface area contributed by atoms with Crippen LogP contribution in [0.25, 0.3) is 10.6 Å². The lowest BCUT2D eigenvalue weighted by molar-refractivity contribution is 0.593. The Hall–Kier alpha value is -1.69. The summed E-state index contributed by atoms with van der Waals surface area (Å²) in [7, 11) is -3.60. The van der Waals surface area contributed by atoms with Crippen molar-refractivity contribution < 1.29 is 8.42 Å². The summed E-state index contributed by atoms with van der Waals surface area (Å²) < 4.78 is 25.0. The van der Waals surface area contributed by atoms with Crippen LogP contribution in [0, 0.1) is 0 Å². The highest BCUT2D eigenvalue weighted by molar-refractivity contribution is 7.91. The zero-order valence-electron chi connectivity index (χ0n) is 10.7. The number of sulfone groups is 1. The molecule has 3 rings (SSSR count). The number of nitrogens with zero attached hydrogens (tertiary/aromatic N) is 1. The first-order valence-electron chi connectivity index (χ1n) is 6.09. The predicted octanol–water partition coefficient (Wildman–Crippen LogP) is 4.30. The second-order valence-corrected chi connectivity index (χ2v) is 7.51. The molecule has 0 aliphatic carbocycles. The van der Waals surface area contributed by atoms with Crippen molar-refractivity contribution in [1.29, 1.82) is 0 Å². The number of thiazole rings is 1. The lowest BCUT2D eigenvalue weighted by Crippen LogP contribution is -2.02. The highest BCUT2D eigenvalue weighted by Gasteiger charge is 2.21. The minimum Gasteiger partial charge on any atom is -0.224 e. The molecule has 0 saturated carbocycles. The third-order valence-electron chi connectivity index (χ3n) is 2.90. The maximum absolute atomic E-state index is 12.5. The molecular formula is C15H10ClNO2S2. The maximum Gasteiger partial charge on any atom is 0.224 e. The molecule has 0 radical (unpaired) electrons. The molecule has 21 heavy (non-hydrogen) atoms. The van der Waals surface area contributed by atoms with E-state index in [2.05, 4.69) is 4.98 Å². The highest BCUT2D eigenvalue weighted by Crippen LogP contribution is 2.28. The van der Waals surface area contributed by atoms with E-state index in [0.717, 1.165) is 5.56 Å². The number of hydrogen-bond donors (Lipinski definition) is 0. The average molecular weight is 336 g/mol. The Labute approximate surface area is 131 Å². The molecule has 1 heterocycles. The van der Waals surface area contributed by atoms with Gasteiger partial charge in [0.25, 0.3) is 0 Å². The minimum absolute atomic E-state index is 0.0636. The summed E-state index contributed by atoms with van der Waals surface area (Å²) in [4.78, 5) is 4.44. The first kappa shape index (κ1) is 14.3. The molecule has 0 saturated heterocycles. The highest BCUT2D eigenvalue weighted by atomic mass is 35.5. The van der Waals surface area contributed by atoms with Gasteiger partial charge in [-0.2, -0.15) is 0 Å². The van der Waals surface area contributed by atoms with Gasteiger partial charge in [0, 0.05) is 16.0 Å². The van der Waals surface area contributed by atoms with E-state index in [1.807, 2.05) is 30.3 Å². The van der Waals surface area contributed by atoms with Crippen molar-refractivity contribution >= 4 is 32.8 Å². The van der Waals surface area contributed by atoms with E-state index in [1.54, 1.807) is 17.5 Å². The van der Waals surface area contributed by atoms with Crippen LogP contribution < -0.4 is 0 Å². The molecule has 1 aromatic heterocycles. The summed E-state index contributed by atoms with van der Waals surface area (Å²) in [5.74, 6) is 0. The zero-order valence-corrected chi connectivity index (χ0v) is 13.1. The molecule has 0 amide bonds. The molecule has 2 aromatic carbocycles. The number of aromatic nitrogens is 1. The van der Waals surface area contributed by atoms with Gasteiger partial charge in [0.2, 0.25) is 9.84 Å². The first-order chi connectivity index (χ1) is 10.1. The number of rotatable bonds is 3. The number of halogens is 1. The van der Waals surface area contributed by atoms with Crippen molar-refractivity contribution in [2.24, 2.45) is 0 Å². The topological polar surface area (TPSA) is 47.0 Å². The van der Waals surface area contributed by atoms with Gasteiger partial charge in [-0.05, 0) is 24.3 Å². The molecule has 0 aliphatic heterocycles. The average Bonchev–Trinajstić information content (AvgIpc) is 2.99. The molecule has 3 nitrogen and oxygen atoms in total. The molecule has 0 fully saturated rings. The van der Waals surface area contributed by atoms with Gasteiger partial charge in [-0.15, -0.1) is 11.3 Å². The van der Waals surface area contributed by atoms with E-state index in [-0.39, 0.29) is 9.92 Å². The van der Waals surface area contributed by atoms with Gasteiger partial charge in [-0.3, -0.25) is 0 Å². The fraction of sp³-hybridized carbons (Fsp3) is 0. The Kier molecular flexibility index (Phi) is 3.80. The van der Waals surface area contributed by atoms with Crippen molar-refractivity contribution in [3.05, 3.63) is 65.0 Å². The Morgan fingerprint density at radius 3 is 2.29 bits per heavy atom. The van der Waals surface area contributed by atoms with Crippen LogP contribution in [0.2, 0.25) is 5.02 Å². The predicted molar refractivity (Wildman–Crippen MR) is 84.5 cm³/mol. The Bertz CT molecular complexity index is 856. The van der Waals surface area contributed by atoms with Crippen LogP contribution in [0.1, 0.15) is 0 Å². The molecular weight excluding hydrogens is 326 g/mol. The molecule has 0 aliphatic rings. The summed E-state index contributed by atoms with van der Waals surface area (Å²) in [6.45, 7) is 0. The monoisotopic (exact) mass is 335 g/mol. The molecule has 6 heteroatoms. The van der Waals surface area contributed by atoms with E-state index in [0.29, 0.717) is 10.0 Å². The van der Waals surface area contributed by atoms with E-state index in [9.17, 15) is 8.42 Å². The Balaban J connectivity index is 2.01. The van der Waals surface area contributed by atoms with Crippen molar-refractivity contribution in [3.8, 4) is 10.6 Å². The van der Waals surface area contributed by atoms with Crippen LogP contribution in [0.5, 0.6) is 0 Å². The van der Waals surface area contributed by atoms with Crippen molar-refractivity contribution in [1.82, 2.24) is 4.98 Å². The van der Waals surface area contributed by atoms with Gasteiger partial charge in [0.05, 0.1) is 4.90 Å². The SMILES string of the molecule is O=S(=O)(c1ccc(Cl)cc1)c1csc(-c2ccccc2)n1. The van der Waals surface area contributed by atoms with Gasteiger partial charge >= 0.3 is 0 Å². The van der Waals surface area contributed by atoms with Crippen molar-refractivity contribution in [3.63, 3.8) is 0 Å². The van der Waals surface area contributed by atoms with Gasteiger partial charge in [-0.1, -0.05) is 41.9 Å². The molecule has 106 valence electrons. The van der Waals surface area contributed by atoms with Crippen LogP contribution in [0.4, 0.5) is 0 Å². The summed E-state index contributed by atoms with van der Waals surface area (Å²) in [6.07, 6.45) is 0. The van der Waals surface area contributed by atoms with E-state index in [4.69, 9.17) is 11.6 Å². The Morgan fingerprint density at radius 2 is 1.62 bits per heavy atom. The Morgan fingerprint density at radius 1 is 0.952 bits per heavy atom. The largest absolute Gasteiger partial charge is 0.224 e. The van der Waals surface area contributed by atoms with Crippen molar-refractivity contribution in [2.75, 3.05) is 0 Å². The summed E-state index contributed by atoms with van der Waals surface area (Å²) in [6, 6.07) is 15.6. The molecule has 3 aromatic rings. The van der Waals surface area contributed by atoms with Crippen LogP contribution in [0.3, 0.4) is 0 Å². The van der Waals surface area contributed by atoms with Gasteiger partial charge < -0.3 is 0 Å². The summed E-state index contributed by atoms with van der Waals surface area (Å²) in [5, 5.41) is 2.81. The lowest BCUT2D eigenvalue weighted by atomic mass is 10.2. The smallest absolute Gasteiger partial charge is 0.224 e. The standard InChI is InChI=1S/C15H10ClNO2S2/c16-12-6-8-13(9-7-12)21(18,19)14-10-20-15(17-14)11-4-2-1-3-5-11/h1-10H. The first-order valence-corrected chi connectivity index (χ1v) is 8.83. The van der Waals surface area contributed by atoms with Gasteiger partial charge in [0.1, 0.15) is 5.01 Å². The molecule has 0 N–H and O–H groups in total. The molecule has 0 bridgehead atoms. The van der Waals surface area contributed by atoms with E-state index >= 15 is 0 Å². The summed E-state index contributed by atoms with van der Waals surface area (Å²) >= 11 is 7.09. The van der Waals surface area contributed by atoms with Crippen LogP contribution >= 0.6 is 22.9 Å². The normalized spacial score (nSPS) is 11.5. The van der Waals surface area contributed by atoms with Gasteiger partial charge in [0.15, 0.2) is 5.03 Å². The van der Waals surface area contributed by atoms with Crippen LogP contribution in [-0.4, -0.2) is 13.4 Å². The molecule has 0 unspecified atom stereocenters. The molecule has 0 spiro atoms. The third kappa shape index (κ3) is 2.85. The lowest BCUT2D eigenvalue weighted by Gasteiger charge is -2.01. The summed E-state index contributed by atoms with van der Waals surface area (Å²) in [5.41, 5.74) is 0.903. The quantitative estimate of drug-likeness (QED) is 0.717. The second kappa shape index (κ2) is 5.60. The second-order valence-electron chi connectivity index (χ2n) is 4.31. The zero-order chi connectivity index (χ0) is 14.9. The third-order valence-corrected chi connectivity index (χ3v) is 5.85. The minimum atomic E-state index is -3.60. The number of benzene rings is 2. The van der Waals surface area contributed by atoms with Crippen molar-refractivity contribution in [2.45, 2.75) is 9.92 Å². The van der Waals surface area contributed by atoms with Crippen LogP contribution in [0.15, 0.2) is 69.9 Å². The van der Waals surface area contributed by atoms with Gasteiger partial charge in [-0.25, -0.2) is 13.4 Å². The number of hydrogen-bond acceptors (Lipinski definition) is 4. The fourth-order valence-electron chi connectivity index (χ4n) is 1.83. The molecule has 0 atom stereocenters.